The van der Waals surface area contributed by atoms with Crippen molar-refractivity contribution in [1.82, 2.24) is 14.8 Å². The predicted octanol–water partition coefficient (Wildman–Crippen LogP) is 4.73. The maximum absolute atomic E-state index is 12.5. The molecule has 2 aromatic carbocycles. The standard InChI is InChI=1S/C23H20N4OS/c1-26(23-24-14-15-29-23)21(28)13-12-20-17-27(16-18-8-4-2-5-9-18)25-22(20)19-10-6-3-7-11-19/h2-15,17H,16H2,1H3/b13-12+. The van der Waals surface area contributed by atoms with Crippen LogP contribution in [0.5, 0.6) is 0 Å². The molecule has 5 nitrogen and oxygen atoms in total. The number of carbonyl (C=O) groups is 1. The summed E-state index contributed by atoms with van der Waals surface area (Å²) in [6.45, 7) is 0.668. The zero-order valence-electron chi connectivity index (χ0n) is 16.0. The van der Waals surface area contributed by atoms with Crippen molar-refractivity contribution in [3.05, 3.63) is 95.6 Å². The first kappa shape index (κ1) is 18.8. The molecule has 29 heavy (non-hydrogen) atoms. The van der Waals surface area contributed by atoms with Crippen LogP contribution in [0.15, 0.2) is 84.5 Å². The molecule has 2 heterocycles. The summed E-state index contributed by atoms with van der Waals surface area (Å²) < 4.78 is 1.91. The molecule has 0 radical (unpaired) electrons. The van der Waals surface area contributed by atoms with E-state index < -0.39 is 0 Å². The lowest BCUT2D eigenvalue weighted by Crippen LogP contribution is -2.23. The maximum atomic E-state index is 12.5. The summed E-state index contributed by atoms with van der Waals surface area (Å²) in [5, 5.41) is 7.30. The third-order valence-electron chi connectivity index (χ3n) is 4.47. The van der Waals surface area contributed by atoms with Gasteiger partial charge in [-0.3, -0.25) is 14.4 Å². The number of hydrogen-bond donors (Lipinski definition) is 0. The number of rotatable bonds is 6. The van der Waals surface area contributed by atoms with Crippen molar-refractivity contribution in [2.24, 2.45) is 0 Å². The Balaban J connectivity index is 1.63. The lowest BCUT2D eigenvalue weighted by Gasteiger charge is -2.10. The molecule has 2 aromatic heterocycles. The molecule has 0 aliphatic carbocycles. The highest BCUT2D eigenvalue weighted by Crippen LogP contribution is 2.24. The molecule has 0 bridgehead atoms. The number of benzene rings is 2. The molecule has 0 saturated carbocycles. The lowest BCUT2D eigenvalue weighted by molar-refractivity contribution is -0.113. The van der Waals surface area contributed by atoms with E-state index in [1.54, 1.807) is 19.3 Å². The summed E-state index contributed by atoms with van der Waals surface area (Å²) in [6.07, 6.45) is 7.05. The van der Waals surface area contributed by atoms with Gasteiger partial charge in [0.2, 0.25) is 0 Å². The van der Waals surface area contributed by atoms with Gasteiger partial charge >= 0.3 is 0 Å². The highest BCUT2D eigenvalue weighted by molar-refractivity contribution is 7.13. The SMILES string of the molecule is CN(C(=O)/C=C/c1cn(Cc2ccccc2)nc1-c1ccccc1)c1nccs1. The number of carbonyl (C=O) groups excluding carboxylic acids is 1. The van der Waals surface area contributed by atoms with E-state index in [4.69, 9.17) is 5.10 Å². The molecule has 0 aliphatic rings. The highest BCUT2D eigenvalue weighted by atomic mass is 32.1. The van der Waals surface area contributed by atoms with Gasteiger partial charge in [0, 0.05) is 42.0 Å². The van der Waals surface area contributed by atoms with Gasteiger partial charge in [-0.25, -0.2) is 4.98 Å². The zero-order valence-corrected chi connectivity index (χ0v) is 16.8. The van der Waals surface area contributed by atoms with E-state index in [0.717, 1.165) is 16.8 Å². The quantitative estimate of drug-likeness (QED) is 0.440. The number of aromatic nitrogens is 3. The fourth-order valence-corrected chi connectivity index (χ4v) is 3.59. The number of hydrogen-bond acceptors (Lipinski definition) is 4. The molecule has 0 saturated heterocycles. The first-order valence-electron chi connectivity index (χ1n) is 9.23. The van der Waals surface area contributed by atoms with Gasteiger partial charge in [0.15, 0.2) is 5.13 Å². The van der Waals surface area contributed by atoms with E-state index >= 15 is 0 Å². The van der Waals surface area contributed by atoms with Gasteiger partial charge in [-0.15, -0.1) is 11.3 Å². The molecule has 144 valence electrons. The second-order valence-electron chi connectivity index (χ2n) is 6.53. The van der Waals surface area contributed by atoms with Crippen molar-refractivity contribution in [3.8, 4) is 11.3 Å². The van der Waals surface area contributed by atoms with E-state index in [-0.39, 0.29) is 5.91 Å². The van der Waals surface area contributed by atoms with Crippen LogP contribution in [0.1, 0.15) is 11.1 Å². The van der Waals surface area contributed by atoms with E-state index in [9.17, 15) is 4.79 Å². The molecule has 6 heteroatoms. The minimum atomic E-state index is -0.130. The molecule has 0 spiro atoms. The summed E-state index contributed by atoms with van der Waals surface area (Å²) in [4.78, 5) is 18.3. The molecule has 0 unspecified atom stereocenters. The van der Waals surface area contributed by atoms with Crippen LogP contribution < -0.4 is 4.90 Å². The topological polar surface area (TPSA) is 51.0 Å². The Bertz CT molecular complexity index is 1100. The van der Waals surface area contributed by atoms with Gasteiger partial charge < -0.3 is 0 Å². The lowest BCUT2D eigenvalue weighted by atomic mass is 10.1. The summed E-state index contributed by atoms with van der Waals surface area (Å²) >= 11 is 1.43. The molecule has 0 N–H and O–H groups in total. The first-order chi connectivity index (χ1) is 14.2. The molecular weight excluding hydrogens is 380 g/mol. The molecule has 1 amide bonds. The summed E-state index contributed by atoms with van der Waals surface area (Å²) in [6, 6.07) is 20.2. The molecule has 0 fully saturated rings. The summed E-state index contributed by atoms with van der Waals surface area (Å²) in [5.41, 5.74) is 3.93. The Morgan fingerprint density at radius 1 is 1.10 bits per heavy atom. The predicted molar refractivity (Wildman–Crippen MR) is 118 cm³/mol. The van der Waals surface area contributed by atoms with Crippen molar-refractivity contribution < 1.29 is 4.79 Å². The van der Waals surface area contributed by atoms with Gasteiger partial charge in [-0.2, -0.15) is 5.10 Å². The largest absolute Gasteiger partial charge is 0.288 e. The number of nitrogens with zero attached hydrogens (tertiary/aromatic N) is 4. The molecule has 4 aromatic rings. The monoisotopic (exact) mass is 400 g/mol. The maximum Gasteiger partial charge on any atom is 0.252 e. The van der Waals surface area contributed by atoms with Crippen LogP contribution in [0, 0.1) is 0 Å². The van der Waals surface area contributed by atoms with E-state index in [0.29, 0.717) is 11.7 Å². The minimum Gasteiger partial charge on any atom is -0.288 e. The first-order valence-corrected chi connectivity index (χ1v) is 10.1. The normalized spacial score (nSPS) is 11.1. The Morgan fingerprint density at radius 2 is 1.83 bits per heavy atom. The van der Waals surface area contributed by atoms with Gasteiger partial charge in [0.25, 0.3) is 5.91 Å². The van der Waals surface area contributed by atoms with Gasteiger partial charge in [0.1, 0.15) is 0 Å². The summed E-state index contributed by atoms with van der Waals surface area (Å²) in [7, 11) is 1.72. The van der Waals surface area contributed by atoms with Crippen LogP contribution in [0.25, 0.3) is 17.3 Å². The Labute approximate surface area is 173 Å². The zero-order chi connectivity index (χ0) is 20.1. The fourth-order valence-electron chi connectivity index (χ4n) is 2.98. The van der Waals surface area contributed by atoms with Crippen molar-refractivity contribution >= 4 is 28.5 Å². The van der Waals surface area contributed by atoms with E-state index in [1.165, 1.54) is 21.8 Å². The number of anilines is 1. The van der Waals surface area contributed by atoms with Gasteiger partial charge in [-0.05, 0) is 11.6 Å². The number of amides is 1. The Hall–Kier alpha value is -3.51. The minimum absolute atomic E-state index is 0.130. The smallest absolute Gasteiger partial charge is 0.252 e. The Morgan fingerprint density at radius 3 is 2.52 bits per heavy atom. The molecular formula is C23H20N4OS. The van der Waals surface area contributed by atoms with Crippen LogP contribution in [-0.2, 0) is 11.3 Å². The third kappa shape index (κ3) is 4.50. The summed E-state index contributed by atoms with van der Waals surface area (Å²) in [5.74, 6) is -0.130. The van der Waals surface area contributed by atoms with Crippen LogP contribution in [0.4, 0.5) is 5.13 Å². The second kappa shape index (κ2) is 8.67. The van der Waals surface area contributed by atoms with Gasteiger partial charge in [0.05, 0.1) is 12.2 Å². The van der Waals surface area contributed by atoms with Crippen molar-refractivity contribution in [2.45, 2.75) is 6.54 Å². The van der Waals surface area contributed by atoms with Gasteiger partial charge in [-0.1, -0.05) is 60.7 Å². The molecule has 0 aliphatic heterocycles. The Kier molecular flexibility index (Phi) is 5.63. The number of likely N-dealkylation sites (N-methyl/N-ethyl adjacent to an activating group) is 1. The fraction of sp³-hybridized carbons (Fsp3) is 0.0870. The molecule has 4 rings (SSSR count). The van der Waals surface area contributed by atoms with E-state index in [1.807, 2.05) is 70.9 Å². The average Bonchev–Trinajstić information content (AvgIpc) is 3.43. The van der Waals surface area contributed by atoms with E-state index in [2.05, 4.69) is 17.1 Å². The second-order valence-corrected chi connectivity index (χ2v) is 7.40. The van der Waals surface area contributed by atoms with Crippen molar-refractivity contribution in [1.29, 1.82) is 0 Å². The van der Waals surface area contributed by atoms with Crippen molar-refractivity contribution in [2.75, 3.05) is 11.9 Å². The third-order valence-corrected chi connectivity index (χ3v) is 5.31. The molecule has 0 atom stereocenters. The van der Waals surface area contributed by atoms with Crippen LogP contribution in [0.2, 0.25) is 0 Å². The van der Waals surface area contributed by atoms with Crippen LogP contribution >= 0.6 is 11.3 Å². The number of thiazole rings is 1. The average molecular weight is 401 g/mol. The van der Waals surface area contributed by atoms with Crippen LogP contribution in [-0.4, -0.2) is 27.7 Å². The van der Waals surface area contributed by atoms with Crippen LogP contribution in [0.3, 0.4) is 0 Å². The van der Waals surface area contributed by atoms with Crippen molar-refractivity contribution in [3.63, 3.8) is 0 Å². The highest BCUT2D eigenvalue weighted by Gasteiger charge is 2.12.